The Balaban J connectivity index is 2.62. The van der Waals surface area contributed by atoms with Crippen molar-refractivity contribution in [3.05, 3.63) is 34.6 Å². The lowest BCUT2D eigenvalue weighted by atomic mass is 9.99. The number of nitrogens with zero attached hydrogens (tertiary/aromatic N) is 3. The van der Waals surface area contributed by atoms with Crippen LogP contribution in [0.5, 0.6) is 0 Å². The van der Waals surface area contributed by atoms with Gasteiger partial charge in [0.25, 0.3) is 0 Å². The highest BCUT2D eigenvalue weighted by Gasteiger charge is 2.16. The smallest absolute Gasteiger partial charge is 0.164 e. The lowest BCUT2D eigenvalue weighted by Gasteiger charge is -2.13. The van der Waals surface area contributed by atoms with E-state index in [2.05, 4.69) is 70.5 Å². The standard InChI is InChI=1S/C15H20BrN3/c1-5-6-19-13(9-16)17-18-15(19)14-11(3)7-10(2)8-12(14)4/h7-8H,5-6,9H2,1-4H3. The number of hydrogen-bond acceptors (Lipinski definition) is 2. The van der Waals surface area contributed by atoms with Crippen LogP contribution >= 0.6 is 15.9 Å². The van der Waals surface area contributed by atoms with E-state index in [0.717, 1.165) is 29.9 Å². The molecule has 3 nitrogen and oxygen atoms in total. The van der Waals surface area contributed by atoms with Crippen molar-refractivity contribution in [2.24, 2.45) is 0 Å². The Morgan fingerprint density at radius 3 is 2.26 bits per heavy atom. The van der Waals surface area contributed by atoms with Crippen LogP contribution in [0.3, 0.4) is 0 Å². The molecule has 1 heterocycles. The molecule has 0 saturated heterocycles. The zero-order chi connectivity index (χ0) is 14.0. The number of hydrogen-bond donors (Lipinski definition) is 0. The van der Waals surface area contributed by atoms with Crippen molar-refractivity contribution >= 4 is 15.9 Å². The molecule has 0 aliphatic rings. The molecule has 0 spiro atoms. The van der Waals surface area contributed by atoms with E-state index in [0.29, 0.717) is 0 Å². The summed E-state index contributed by atoms with van der Waals surface area (Å²) in [5, 5.41) is 9.45. The van der Waals surface area contributed by atoms with E-state index < -0.39 is 0 Å². The second-order valence-electron chi connectivity index (χ2n) is 5.00. The zero-order valence-electron chi connectivity index (χ0n) is 12.0. The van der Waals surface area contributed by atoms with Crippen molar-refractivity contribution in [2.75, 3.05) is 0 Å². The third-order valence-electron chi connectivity index (χ3n) is 3.29. The molecule has 0 radical (unpaired) electrons. The van der Waals surface area contributed by atoms with E-state index in [-0.39, 0.29) is 0 Å². The van der Waals surface area contributed by atoms with Crippen LogP contribution in [0.25, 0.3) is 11.4 Å². The molecule has 0 aliphatic carbocycles. The molecule has 1 aromatic carbocycles. The minimum Gasteiger partial charge on any atom is -0.310 e. The van der Waals surface area contributed by atoms with Gasteiger partial charge in [0.1, 0.15) is 5.82 Å². The maximum Gasteiger partial charge on any atom is 0.164 e. The third-order valence-corrected chi connectivity index (χ3v) is 3.80. The first-order chi connectivity index (χ1) is 9.08. The molecule has 0 N–H and O–H groups in total. The van der Waals surface area contributed by atoms with Gasteiger partial charge in [-0.2, -0.15) is 0 Å². The highest BCUT2D eigenvalue weighted by Crippen LogP contribution is 2.28. The Bertz CT molecular complexity index is 564. The van der Waals surface area contributed by atoms with Gasteiger partial charge in [0, 0.05) is 12.1 Å². The summed E-state index contributed by atoms with van der Waals surface area (Å²) < 4.78 is 2.22. The summed E-state index contributed by atoms with van der Waals surface area (Å²) in [4.78, 5) is 0. The summed E-state index contributed by atoms with van der Waals surface area (Å²) in [5.41, 5.74) is 5.05. The van der Waals surface area contributed by atoms with E-state index in [9.17, 15) is 0 Å². The molecule has 0 aliphatic heterocycles. The van der Waals surface area contributed by atoms with Gasteiger partial charge in [-0.15, -0.1) is 10.2 Å². The minimum absolute atomic E-state index is 0.740. The van der Waals surface area contributed by atoms with Gasteiger partial charge in [-0.3, -0.25) is 0 Å². The molecular weight excluding hydrogens is 302 g/mol. The second kappa shape index (κ2) is 5.87. The van der Waals surface area contributed by atoms with Gasteiger partial charge in [-0.05, 0) is 38.3 Å². The molecule has 4 heteroatoms. The summed E-state index contributed by atoms with van der Waals surface area (Å²) in [6, 6.07) is 4.42. The first kappa shape index (κ1) is 14.3. The molecule has 0 fully saturated rings. The Hall–Kier alpha value is -1.16. The van der Waals surface area contributed by atoms with E-state index in [4.69, 9.17) is 0 Å². The number of aromatic nitrogens is 3. The van der Waals surface area contributed by atoms with Gasteiger partial charge < -0.3 is 4.57 Å². The molecule has 102 valence electrons. The van der Waals surface area contributed by atoms with Gasteiger partial charge in [-0.25, -0.2) is 0 Å². The first-order valence-corrected chi connectivity index (χ1v) is 7.76. The normalized spacial score (nSPS) is 11.0. The summed E-state index contributed by atoms with van der Waals surface area (Å²) in [6.07, 6.45) is 1.08. The quantitative estimate of drug-likeness (QED) is 0.791. The number of aryl methyl sites for hydroxylation is 3. The number of alkyl halides is 1. The molecular formula is C15H20BrN3. The Morgan fingerprint density at radius 2 is 1.74 bits per heavy atom. The van der Waals surface area contributed by atoms with Gasteiger partial charge in [-0.1, -0.05) is 40.5 Å². The van der Waals surface area contributed by atoms with Crippen LogP contribution in [0.15, 0.2) is 12.1 Å². The van der Waals surface area contributed by atoms with Crippen LogP contribution in [0.1, 0.15) is 35.9 Å². The Morgan fingerprint density at radius 1 is 1.11 bits per heavy atom. The van der Waals surface area contributed by atoms with Crippen LogP contribution in [-0.4, -0.2) is 14.8 Å². The predicted molar refractivity (Wildman–Crippen MR) is 82.6 cm³/mol. The molecule has 0 saturated carbocycles. The van der Waals surface area contributed by atoms with Gasteiger partial charge >= 0.3 is 0 Å². The molecule has 0 amide bonds. The predicted octanol–water partition coefficient (Wildman–Crippen LogP) is 4.18. The lowest BCUT2D eigenvalue weighted by Crippen LogP contribution is -2.05. The van der Waals surface area contributed by atoms with E-state index in [1.165, 1.54) is 22.3 Å². The molecule has 0 unspecified atom stereocenters. The highest BCUT2D eigenvalue weighted by atomic mass is 79.9. The first-order valence-electron chi connectivity index (χ1n) is 6.64. The van der Waals surface area contributed by atoms with Gasteiger partial charge in [0.05, 0.1) is 5.33 Å². The maximum absolute atomic E-state index is 4.41. The number of benzene rings is 1. The van der Waals surface area contributed by atoms with Crippen molar-refractivity contribution in [3.63, 3.8) is 0 Å². The number of rotatable bonds is 4. The molecule has 0 bridgehead atoms. The molecule has 1 aromatic heterocycles. The van der Waals surface area contributed by atoms with Crippen molar-refractivity contribution in [3.8, 4) is 11.4 Å². The number of halogens is 1. The van der Waals surface area contributed by atoms with E-state index in [1.807, 2.05) is 0 Å². The second-order valence-corrected chi connectivity index (χ2v) is 5.56. The van der Waals surface area contributed by atoms with Crippen LogP contribution in [0.4, 0.5) is 0 Å². The molecule has 2 aromatic rings. The summed E-state index contributed by atoms with van der Waals surface area (Å²) in [7, 11) is 0. The Kier molecular flexibility index (Phi) is 4.40. The minimum atomic E-state index is 0.740. The Labute approximate surface area is 123 Å². The van der Waals surface area contributed by atoms with Crippen molar-refractivity contribution in [1.82, 2.24) is 14.8 Å². The average molecular weight is 322 g/mol. The van der Waals surface area contributed by atoms with Crippen LogP contribution in [0.2, 0.25) is 0 Å². The van der Waals surface area contributed by atoms with Crippen molar-refractivity contribution in [2.45, 2.75) is 46.0 Å². The molecule has 0 atom stereocenters. The third kappa shape index (κ3) is 2.73. The zero-order valence-corrected chi connectivity index (χ0v) is 13.6. The van der Waals surface area contributed by atoms with Crippen LogP contribution in [0, 0.1) is 20.8 Å². The van der Waals surface area contributed by atoms with Crippen molar-refractivity contribution in [1.29, 1.82) is 0 Å². The largest absolute Gasteiger partial charge is 0.310 e. The lowest BCUT2D eigenvalue weighted by molar-refractivity contribution is 0.660. The molecule has 2 rings (SSSR count). The summed E-state index contributed by atoms with van der Waals surface area (Å²) >= 11 is 3.49. The maximum atomic E-state index is 4.41. The fourth-order valence-electron chi connectivity index (χ4n) is 2.61. The van der Waals surface area contributed by atoms with Gasteiger partial charge in [0.15, 0.2) is 5.82 Å². The van der Waals surface area contributed by atoms with Gasteiger partial charge in [0.2, 0.25) is 0 Å². The topological polar surface area (TPSA) is 30.7 Å². The summed E-state index contributed by atoms with van der Waals surface area (Å²) in [6.45, 7) is 9.55. The van der Waals surface area contributed by atoms with E-state index >= 15 is 0 Å². The summed E-state index contributed by atoms with van der Waals surface area (Å²) in [5.74, 6) is 1.99. The van der Waals surface area contributed by atoms with Crippen LogP contribution < -0.4 is 0 Å². The van der Waals surface area contributed by atoms with E-state index in [1.54, 1.807) is 0 Å². The molecule has 19 heavy (non-hydrogen) atoms. The average Bonchev–Trinajstić information content (AvgIpc) is 2.72. The SMILES string of the molecule is CCCn1c(CBr)nnc1-c1c(C)cc(C)cc1C. The highest BCUT2D eigenvalue weighted by molar-refractivity contribution is 9.08. The van der Waals surface area contributed by atoms with Crippen LogP contribution in [-0.2, 0) is 11.9 Å². The fourth-order valence-corrected chi connectivity index (χ4v) is 3.03. The monoisotopic (exact) mass is 321 g/mol. The fraction of sp³-hybridized carbons (Fsp3) is 0.467. The van der Waals surface area contributed by atoms with Crippen molar-refractivity contribution < 1.29 is 0 Å².